The van der Waals surface area contributed by atoms with Gasteiger partial charge in [0.15, 0.2) is 5.69 Å². The maximum absolute atomic E-state index is 10.3. The van der Waals surface area contributed by atoms with Crippen molar-refractivity contribution in [3.05, 3.63) is 29.0 Å². The van der Waals surface area contributed by atoms with E-state index in [4.69, 9.17) is 16.7 Å². The van der Waals surface area contributed by atoms with Gasteiger partial charge in [0.05, 0.1) is 5.02 Å². The fraction of sp³-hybridized carbons (Fsp3) is 0. The Morgan fingerprint density at radius 1 is 1.64 bits per heavy atom. The molecule has 0 amide bonds. The van der Waals surface area contributed by atoms with Gasteiger partial charge in [-0.3, -0.25) is 0 Å². The molecule has 0 aromatic carbocycles. The summed E-state index contributed by atoms with van der Waals surface area (Å²) in [5.41, 5.74) is -0.107. The zero-order valence-electron chi connectivity index (χ0n) is 5.32. The van der Waals surface area contributed by atoms with Crippen LogP contribution in [0.5, 0.6) is 0 Å². The molecular weight excluding hydrogens is 189 g/mol. The third-order valence-corrected chi connectivity index (χ3v) is 1.27. The van der Waals surface area contributed by atoms with Crippen LogP contribution in [0.1, 0.15) is 10.5 Å². The predicted octanol–water partition coefficient (Wildman–Crippen LogP) is 1.85. The summed E-state index contributed by atoms with van der Waals surface area (Å²) in [6.07, 6.45) is 1.38. The number of carboxylic acid groups (broad SMARTS) is 1. The van der Waals surface area contributed by atoms with Crippen LogP contribution in [0.2, 0.25) is 5.02 Å². The smallest absolute Gasteiger partial charge is 0.356 e. The molecule has 1 N–H and O–H groups in total. The Kier molecular flexibility index (Phi) is 3.85. The summed E-state index contributed by atoms with van der Waals surface area (Å²) in [5.74, 6) is -1.11. The number of halogens is 2. The van der Waals surface area contributed by atoms with Crippen molar-refractivity contribution in [1.82, 2.24) is 4.98 Å². The summed E-state index contributed by atoms with van der Waals surface area (Å²) in [4.78, 5) is 13.8. The monoisotopic (exact) mass is 193 g/mol. The third-order valence-electron chi connectivity index (χ3n) is 0.961. The first-order chi connectivity index (χ1) is 4.72. The number of carboxylic acids is 1. The Morgan fingerprint density at radius 2 is 2.27 bits per heavy atom. The van der Waals surface area contributed by atoms with Crippen molar-refractivity contribution in [3.63, 3.8) is 0 Å². The van der Waals surface area contributed by atoms with Crippen molar-refractivity contribution >= 4 is 30.0 Å². The first kappa shape index (κ1) is 10.2. The highest BCUT2D eigenvalue weighted by Gasteiger charge is 2.07. The lowest BCUT2D eigenvalue weighted by atomic mass is 10.3. The van der Waals surface area contributed by atoms with Crippen LogP contribution in [0.4, 0.5) is 0 Å². The predicted molar refractivity (Wildman–Crippen MR) is 43.5 cm³/mol. The van der Waals surface area contributed by atoms with Crippen LogP contribution in [0.3, 0.4) is 0 Å². The Labute approximate surface area is 74.4 Å². The molecule has 3 nitrogen and oxygen atoms in total. The minimum Gasteiger partial charge on any atom is -0.476 e. The van der Waals surface area contributed by atoms with Crippen LogP contribution in [0, 0.1) is 0 Å². The van der Waals surface area contributed by atoms with Gasteiger partial charge in [-0.15, -0.1) is 12.4 Å². The lowest BCUT2D eigenvalue weighted by Gasteiger charge is -1.93. The van der Waals surface area contributed by atoms with Gasteiger partial charge in [0.1, 0.15) is 0 Å². The second-order valence-corrected chi connectivity index (χ2v) is 2.05. The van der Waals surface area contributed by atoms with Gasteiger partial charge in [0.25, 0.3) is 0 Å². The molecule has 0 spiro atoms. The van der Waals surface area contributed by atoms with E-state index in [9.17, 15) is 4.79 Å². The quantitative estimate of drug-likeness (QED) is 0.741. The molecule has 0 aliphatic carbocycles. The number of aromatic carboxylic acids is 1. The standard InChI is InChI=1S/C6H4ClNO2.ClH/c7-4-2-1-3-8-5(4)6(9)10;/h1-3H,(H,9,10);1H. The van der Waals surface area contributed by atoms with Gasteiger partial charge < -0.3 is 5.11 Å². The van der Waals surface area contributed by atoms with Gasteiger partial charge in [0.2, 0.25) is 0 Å². The summed E-state index contributed by atoms with van der Waals surface area (Å²) in [5, 5.41) is 8.58. The maximum atomic E-state index is 10.3. The lowest BCUT2D eigenvalue weighted by Crippen LogP contribution is -1.99. The highest BCUT2D eigenvalue weighted by Crippen LogP contribution is 2.10. The summed E-state index contributed by atoms with van der Waals surface area (Å²) < 4.78 is 0. The van der Waals surface area contributed by atoms with E-state index in [1.54, 1.807) is 6.07 Å². The molecule has 11 heavy (non-hydrogen) atoms. The van der Waals surface area contributed by atoms with E-state index in [-0.39, 0.29) is 23.1 Å². The van der Waals surface area contributed by atoms with Gasteiger partial charge in [-0.25, -0.2) is 9.78 Å². The van der Waals surface area contributed by atoms with E-state index in [0.29, 0.717) is 0 Å². The fourth-order valence-electron chi connectivity index (χ4n) is 0.543. The molecule has 0 aliphatic heterocycles. The first-order valence-corrected chi connectivity index (χ1v) is 2.93. The van der Waals surface area contributed by atoms with Crippen molar-refractivity contribution in [2.75, 3.05) is 0 Å². The van der Waals surface area contributed by atoms with Crippen LogP contribution in [-0.2, 0) is 0 Å². The zero-order chi connectivity index (χ0) is 7.56. The molecule has 1 aromatic rings. The number of pyridine rings is 1. The molecule has 0 aliphatic rings. The molecule has 0 bridgehead atoms. The van der Waals surface area contributed by atoms with Gasteiger partial charge in [0, 0.05) is 6.20 Å². The number of aromatic nitrogens is 1. The minimum atomic E-state index is -1.11. The highest BCUT2D eigenvalue weighted by molar-refractivity contribution is 6.33. The number of carbonyl (C=O) groups is 1. The van der Waals surface area contributed by atoms with Crippen molar-refractivity contribution in [1.29, 1.82) is 0 Å². The van der Waals surface area contributed by atoms with Crippen LogP contribution in [0.15, 0.2) is 18.3 Å². The second kappa shape index (κ2) is 4.16. The van der Waals surface area contributed by atoms with E-state index >= 15 is 0 Å². The highest BCUT2D eigenvalue weighted by atomic mass is 35.5. The molecule has 0 unspecified atom stereocenters. The molecule has 0 atom stereocenters. The van der Waals surface area contributed by atoms with Gasteiger partial charge in [-0.2, -0.15) is 0 Å². The Balaban J connectivity index is 0.000001000. The molecule has 1 aromatic heterocycles. The molecule has 5 heteroatoms. The Morgan fingerprint density at radius 3 is 2.64 bits per heavy atom. The van der Waals surface area contributed by atoms with Crippen LogP contribution >= 0.6 is 24.0 Å². The third kappa shape index (κ3) is 2.37. The first-order valence-electron chi connectivity index (χ1n) is 2.55. The minimum absolute atomic E-state index is 0. The van der Waals surface area contributed by atoms with Crippen molar-refractivity contribution in [2.45, 2.75) is 0 Å². The molecule has 1 rings (SSSR count). The van der Waals surface area contributed by atoms with Crippen molar-refractivity contribution < 1.29 is 9.90 Å². The SMILES string of the molecule is Cl.O=C(O)c1ncccc1Cl. The molecule has 60 valence electrons. The average Bonchev–Trinajstić information content (AvgIpc) is 1.88. The van der Waals surface area contributed by atoms with E-state index in [0.717, 1.165) is 0 Å². The van der Waals surface area contributed by atoms with E-state index < -0.39 is 5.97 Å². The topological polar surface area (TPSA) is 50.2 Å². The van der Waals surface area contributed by atoms with Crippen molar-refractivity contribution in [3.8, 4) is 0 Å². The van der Waals surface area contributed by atoms with Crippen LogP contribution in [0.25, 0.3) is 0 Å². The van der Waals surface area contributed by atoms with E-state index in [1.807, 2.05) is 0 Å². The van der Waals surface area contributed by atoms with Gasteiger partial charge in [-0.1, -0.05) is 11.6 Å². The summed E-state index contributed by atoms with van der Waals surface area (Å²) in [6, 6.07) is 3.06. The second-order valence-electron chi connectivity index (χ2n) is 1.64. The fourth-order valence-corrected chi connectivity index (χ4v) is 0.745. The molecular formula is C6H5Cl2NO2. The number of hydrogen-bond acceptors (Lipinski definition) is 2. The number of hydrogen-bond donors (Lipinski definition) is 1. The summed E-state index contributed by atoms with van der Waals surface area (Å²) in [7, 11) is 0. The van der Waals surface area contributed by atoms with Crippen molar-refractivity contribution in [2.24, 2.45) is 0 Å². The molecule has 1 heterocycles. The molecule has 0 saturated heterocycles. The van der Waals surface area contributed by atoms with Crippen LogP contribution in [-0.4, -0.2) is 16.1 Å². The Hall–Kier alpha value is -0.800. The lowest BCUT2D eigenvalue weighted by molar-refractivity contribution is 0.0690. The summed E-state index contributed by atoms with van der Waals surface area (Å²) >= 11 is 5.48. The number of rotatable bonds is 1. The molecule has 0 radical (unpaired) electrons. The summed E-state index contributed by atoms with van der Waals surface area (Å²) in [6.45, 7) is 0. The molecule has 0 fully saturated rings. The zero-order valence-corrected chi connectivity index (χ0v) is 6.89. The Bertz CT molecular complexity index is 265. The maximum Gasteiger partial charge on any atom is 0.356 e. The van der Waals surface area contributed by atoms with E-state index in [2.05, 4.69) is 4.98 Å². The van der Waals surface area contributed by atoms with Crippen LogP contribution < -0.4 is 0 Å². The molecule has 0 saturated carbocycles. The number of nitrogens with zero attached hydrogens (tertiary/aromatic N) is 1. The normalized spacial score (nSPS) is 8.45. The average molecular weight is 194 g/mol. The largest absolute Gasteiger partial charge is 0.476 e. The van der Waals surface area contributed by atoms with E-state index in [1.165, 1.54) is 12.3 Å². The van der Waals surface area contributed by atoms with Gasteiger partial charge >= 0.3 is 5.97 Å². The van der Waals surface area contributed by atoms with Gasteiger partial charge in [-0.05, 0) is 12.1 Å².